The highest BCUT2D eigenvalue weighted by atomic mass is 35.5. The van der Waals surface area contributed by atoms with Gasteiger partial charge in [0.15, 0.2) is 0 Å². The van der Waals surface area contributed by atoms with Crippen LogP contribution in [0.3, 0.4) is 0 Å². The molecule has 1 aliphatic heterocycles. The van der Waals surface area contributed by atoms with Gasteiger partial charge in [-0.2, -0.15) is 5.26 Å². The van der Waals surface area contributed by atoms with E-state index in [4.69, 9.17) is 5.26 Å². The molecule has 1 saturated heterocycles. The number of fused-ring (bicyclic) bond motifs is 1. The molecule has 0 aromatic heterocycles. The van der Waals surface area contributed by atoms with E-state index in [1.54, 1.807) is 4.90 Å². The van der Waals surface area contributed by atoms with Crippen LogP contribution < -0.4 is 5.32 Å². The highest BCUT2D eigenvalue weighted by molar-refractivity contribution is 5.85. The van der Waals surface area contributed by atoms with Gasteiger partial charge in [-0.15, -0.1) is 12.4 Å². The smallest absolute Gasteiger partial charge is 0.237 e. The molecular formula is C21H34ClN3O2. The number of amides is 1. The standard InChI is InChI=1S/C21H33N3O2.ClH/c22-13-19-7-4-8-24(19)20(25)14-23-18-9-15-11-21(26,12-16(15)10-18)17-5-2-1-3-6-17;/h15-19,23,26H,1-12,14H2;1H/t15-,16+,18?,19-,21?;/m0./s1. The Kier molecular flexibility index (Phi) is 6.71. The molecule has 3 aliphatic carbocycles. The lowest BCUT2D eigenvalue weighted by Gasteiger charge is -2.36. The van der Waals surface area contributed by atoms with E-state index in [1.165, 1.54) is 32.1 Å². The number of aliphatic hydroxyl groups is 1. The second kappa shape index (κ2) is 8.68. The number of hydrogen-bond acceptors (Lipinski definition) is 4. The first-order chi connectivity index (χ1) is 12.6. The van der Waals surface area contributed by atoms with Crippen molar-refractivity contribution in [3.8, 4) is 6.07 Å². The van der Waals surface area contributed by atoms with Crippen LogP contribution in [0.2, 0.25) is 0 Å². The molecular weight excluding hydrogens is 362 g/mol. The summed E-state index contributed by atoms with van der Waals surface area (Å²) in [5.41, 5.74) is -0.411. The molecule has 5 nitrogen and oxygen atoms in total. The molecule has 4 rings (SSSR count). The van der Waals surface area contributed by atoms with Crippen molar-refractivity contribution >= 4 is 18.3 Å². The molecule has 0 aromatic carbocycles. The number of nitriles is 1. The maximum absolute atomic E-state index is 12.4. The lowest BCUT2D eigenvalue weighted by atomic mass is 9.75. The summed E-state index contributed by atoms with van der Waals surface area (Å²) in [5.74, 6) is 1.83. The van der Waals surface area contributed by atoms with Crippen LogP contribution in [0, 0.1) is 29.1 Å². The molecule has 0 aromatic rings. The third kappa shape index (κ3) is 4.28. The quantitative estimate of drug-likeness (QED) is 0.767. The van der Waals surface area contributed by atoms with Crippen molar-refractivity contribution in [2.24, 2.45) is 17.8 Å². The second-order valence-electron chi connectivity index (χ2n) is 9.29. The van der Waals surface area contributed by atoms with Crippen LogP contribution in [-0.2, 0) is 4.79 Å². The molecule has 2 unspecified atom stereocenters. The van der Waals surface area contributed by atoms with Gasteiger partial charge in [0.25, 0.3) is 0 Å². The van der Waals surface area contributed by atoms with Crippen LogP contribution in [-0.4, -0.2) is 46.7 Å². The van der Waals surface area contributed by atoms with Crippen LogP contribution >= 0.6 is 12.4 Å². The number of hydrogen-bond donors (Lipinski definition) is 2. The van der Waals surface area contributed by atoms with Crippen molar-refractivity contribution in [1.82, 2.24) is 10.2 Å². The van der Waals surface area contributed by atoms with E-state index in [1.807, 2.05) is 0 Å². The Morgan fingerprint density at radius 3 is 2.41 bits per heavy atom. The summed E-state index contributed by atoms with van der Waals surface area (Å²) in [6.07, 6.45) is 12.2. The molecule has 4 aliphatic rings. The lowest BCUT2D eigenvalue weighted by molar-refractivity contribution is -0.130. The van der Waals surface area contributed by atoms with Crippen LogP contribution in [0.25, 0.3) is 0 Å². The van der Waals surface area contributed by atoms with Crippen molar-refractivity contribution in [3.63, 3.8) is 0 Å². The summed E-state index contributed by atoms with van der Waals surface area (Å²) in [7, 11) is 0. The molecule has 0 spiro atoms. The number of likely N-dealkylation sites (tertiary alicyclic amines) is 1. The molecule has 6 heteroatoms. The van der Waals surface area contributed by atoms with Gasteiger partial charge >= 0.3 is 0 Å². The van der Waals surface area contributed by atoms with Crippen LogP contribution in [0.5, 0.6) is 0 Å². The summed E-state index contributed by atoms with van der Waals surface area (Å²) >= 11 is 0. The van der Waals surface area contributed by atoms with E-state index in [9.17, 15) is 9.90 Å². The molecule has 152 valence electrons. The van der Waals surface area contributed by atoms with E-state index < -0.39 is 5.60 Å². The van der Waals surface area contributed by atoms with Gasteiger partial charge in [-0.25, -0.2) is 0 Å². The van der Waals surface area contributed by atoms with E-state index in [2.05, 4.69) is 11.4 Å². The SMILES string of the molecule is Cl.N#C[C@@H]1CCCN1C(=O)CNC1C[C@@H]2CC(O)(C3CCCCC3)C[C@@H]2C1. The summed E-state index contributed by atoms with van der Waals surface area (Å²) < 4.78 is 0. The molecule has 1 heterocycles. The van der Waals surface area contributed by atoms with Crippen LogP contribution in [0.15, 0.2) is 0 Å². The maximum atomic E-state index is 12.4. The zero-order valence-electron chi connectivity index (χ0n) is 16.2. The number of nitrogens with zero attached hydrogens (tertiary/aromatic N) is 2. The zero-order valence-corrected chi connectivity index (χ0v) is 17.1. The van der Waals surface area contributed by atoms with Crippen LogP contribution in [0.4, 0.5) is 0 Å². The number of carbonyl (C=O) groups is 1. The second-order valence-corrected chi connectivity index (χ2v) is 9.29. The van der Waals surface area contributed by atoms with Gasteiger partial charge in [-0.1, -0.05) is 19.3 Å². The first kappa shape index (κ1) is 20.9. The van der Waals surface area contributed by atoms with Gasteiger partial charge in [-0.05, 0) is 69.1 Å². The topological polar surface area (TPSA) is 76.4 Å². The summed E-state index contributed by atoms with van der Waals surface area (Å²) in [5, 5.41) is 23.8. The molecule has 0 bridgehead atoms. The fourth-order valence-corrected chi connectivity index (χ4v) is 6.38. The first-order valence-corrected chi connectivity index (χ1v) is 10.7. The van der Waals surface area contributed by atoms with E-state index >= 15 is 0 Å². The van der Waals surface area contributed by atoms with Gasteiger partial charge in [0, 0.05) is 12.6 Å². The highest BCUT2D eigenvalue weighted by Gasteiger charge is 2.51. The molecule has 1 amide bonds. The number of nitrogens with one attached hydrogen (secondary N) is 1. The van der Waals surface area contributed by atoms with E-state index in [0.717, 1.165) is 45.1 Å². The third-order valence-electron chi connectivity index (χ3n) is 7.70. The Morgan fingerprint density at radius 1 is 1.11 bits per heavy atom. The van der Waals surface area contributed by atoms with Gasteiger partial charge in [-0.3, -0.25) is 4.79 Å². The number of rotatable bonds is 4. The van der Waals surface area contributed by atoms with Crippen molar-refractivity contribution in [2.75, 3.05) is 13.1 Å². The highest BCUT2D eigenvalue weighted by Crippen LogP contribution is 2.53. The van der Waals surface area contributed by atoms with Gasteiger partial charge < -0.3 is 15.3 Å². The van der Waals surface area contributed by atoms with E-state index in [0.29, 0.717) is 30.3 Å². The summed E-state index contributed by atoms with van der Waals surface area (Å²) in [6.45, 7) is 1.08. The van der Waals surface area contributed by atoms with Gasteiger partial charge in [0.05, 0.1) is 18.2 Å². The molecule has 4 fully saturated rings. The molecule has 2 N–H and O–H groups in total. The Hall–Kier alpha value is -0.830. The minimum atomic E-state index is -0.411. The fraction of sp³-hybridized carbons (Fsp3) is 0.905. The maximum Gasteiger partial charge on any atom is 0.237 e. The number of carbonyl (C=O) groups excluding carboxylic acids is 1. The monoisotopic (exact) mass is 395 g/mol. The van der Waals surface area contributed by atoms with E-state index in [-0.39, 0.29) is 24.4 Å². The summed E-state index contributed by atoms with van der Waals surface area (Å²) in [6, 6.07) is 2.42. The largest absolute Gasteiger partial charge is 0.390 e. The molecule has 0 radical (unpaired) electrons. The molecule has 3 saturated carbocycles. The lowest BCUT2D eigenvalue weighted by Crippen LogP contribution is -2.43. The molecule has 27 heavy (non-hydrogen) atoms. The zero-order chi connectivity index (χ0) is 18.1. The van der Waals surface area contributed by atoms with Gasteiger partial charge in [0.1, 0.15) is 6.04 Å². The average molecular weight is 396 g/mol. The van der Waals surface area contributed by atoms with Crippen LogP contribution in [0.1, 0.15) is 70.6 Å². The fourth-order valence-electron chi connectivity index (χ4n) is 6.38. The Morgan fingerprint density at radius 2 is 1.78 bits per heavy atom. The summed E-state index contributed by atoms with van der Waals surface area (Å²) in [4.78, 5) is 14.1. The Balaban J connectivity index is 0.00000210. The van der Waals surface area contributed by atoms with Crippen molar-refractivity contribution in [3.05, 3.63) is 0 Å². The Bertz CT molecular complexity index is 558. The Labute approximate surface area is 169 Å². The van der Waals surface area contributed by atoms with Crippen molar-refractivity contribution in [2.45, 2.75) is 88.3 Å². The normalized spacial score (nSPS) is 39.0. The third-order valence-corrected chi connectivity index (χ3v) is 7.70. The predicted octanol–water partition coefficient (Wildman–Crippen LogP) is 3.01. The first-order valence-electron chi connectivity index (χ1n) is 10.7. The van der Waals surface area contributed by atoms with Gasteiger partial charge in [0.2, 0.25) is 5.91 Å². The minimum Gasteiger partial charge on any atom is -0.390 e. The van der Waals surface area contributed by atoms with Crippen molar-refractivity contribution < 1.29 is 9.90 Å². The number of halogens is 1. The van der Waals surface area contributed by atoms with Crippen molar-refractivity contribution in [1.29, 1.82) is 5.26 Å². The molecule has 5 atom stereocenters. The predicted molar refractivity (Wildman–Crippen MR) is 106 cm³/mol. The average Bonchev–Trinajstić information content (AvgIpc) is 3.33. The minimum absolute atomic E-state index is 0.